The summed E-state index contributed by atoms with van der Waals surface area (Å²) >= 11 is 0. The molecular weight excluding hydrogens is 623 g/mol. The number of unbranched alkanes of at least 4 members (excludes halogenated alkanes) is 13. The van der Waals surface area contributed by atoms with E-state index in [0.29, 0.717) is 18.8 Å². The summed E-state index contributed by atoms with van der Waals surface area (Å²) in [4.78, 5) is 22.8. The molecule has 0 aliphatic carbocycles. The lowest BCUT2D eigenvalue weighted by molar-refractivity contribution is -0.662. The zero-order chi connectivity index (χ0) is 34.2. The van der Waals surface area contributed by atoms with Crippen molar-refractivity contribution < 1.29 is 32.8 Å². The van der Waals surface area contributed by atoms with Crippen LogP contribution in [0.1, 0.15) is 116 Å². The van der Waals surface area contributed by atoms with Gasteiger partial charge >= 0.3 is 14.7 Å². The molecule has 48 heavy (non-hydrogen) atoms. The van der Waals surface area contributed by atoms with Crippen molar-refractivity contribution in [3.63, 3.8) is 0 Å². The molecule has 0 bridgehead atoms. The van der Waals surface area contributed by atoms with Crippen LogP contribution in [0.25, 0.3) is 10.9 Å². The Bertz CT molecular complexity index is 1290. The molecule has 0 saturated heterocycles. The number of carbonyl (C=O) groups is 1. The quantitative estimate of drug-likeness (QED) is 0.0498. The van der Waals surface area contributed by atoms with Crippen molar-refractivity contribution in [2.45, 2.75) is 129 Å². The third-order valence-electron chi connectivity index (χ3n) is 8.26. The lowest BCUT2D eigenvalue weighted by Gasteiger charge is -2.21. The van der Waals surface area contributed by atoms with Crippen molar-refractivity contribution >= 4 is 25.6 Å². The first-order valence-corrected chi connectivity index (χ1v) is 19.4. The van der Waals surface area contributed by atoms with Crippen molar-refractivity contribution in [3.05, 3.63) is 72.4 Å². The molecule has 2 N–H and O–H groups in total. The third-order valence-corrected chi connectivity index (χ3v) is 9.00. The fourth-order valence-corrected chi connectivity index (χ4v) is 6.40. The molecule has 3 aromatic rings. The zero-order valence-electron chi connectivity index (χ0n) is 29.6. The number of alkyl carbamates (subject to hydrolysis) is 1. The van der Waals surface area contributed by atoms with Crippen molar-refractivity contribution in [1.82, 2.24) is 5.32 Å². The minimum atomic E-state index is -2.21. The molecule has 2 aromatic carbocycles. The third kappa shape index (κ3) is 17.1. The van der Waals surface area contributed by atoms with Gasteiger partial charge in [0.1, 0.15) is 18.5 Å². The minimum absolute atomic E-state index is 0.0175. The normalized spacial score (nSPS) is 12.7. The summed E-state index contributed by atoms with van der Waals surface area (Å²) in [7, 11) is -2.21. The van der Waals surface area contributed by atoms with Crippen molar-refractivity contribution in [3.8, 4) is 5.75 Å². The van der Waals surface area contributed by atoms with Crippen LogP contribution in [0.5, 0.6) is 5.75 Å². The molecule has 0 fully saturated rings. The van der Waals surface area contributed by atoms with Gasteiger partial charge in [-0.2, -0.15) is 4.57 Å². The number of nitrogens with one attached hydrogen (secondary N) is 1. The lowest BCUT2D eigenvalue weighted by atomic mass is 10.0. The predicted octanol–water partition coefficient (Wildman–Crippen LogP) is 9.79. The number of hydrogen-bond acceptors (Lipinski definition) is 6. The van der Waals surface area contributed by atoms with E-state index in [-0.39, 0.29) is 19.3 Å². The molecule has 2 atom stereocenters. The van der Waals surface area contributed by atoms with Crippen LogP contribution in [0, 0.1) is 0 Å². The summed E-state index contributed by atoms with van der Waals surface area (Å²) in [5.74, 6) is 0.516. The van der Waals surface area contributed by atoms with Crippen molar-refractivity contribution in [2.24, 2.45) is 0 Å². The van der Waals surface area contributed by atoms with E-state index in [0.717, 1.165) is 23.9 Å². The highest BCUT2D eigenvalue weighted by atomic mass is 31.2. The van der Waals surface area contributed by atoms with Gasteiger partial charge in [-0.15, -0.1) is 0 Å². The minimum Gasteiger partial charge on any atom is -0.447 e. The van der Waals surface area contributed by atoms with Gasteiger partial charge in [-0.1, -0.05) is 115 Å². The molecule has 0 saturated carbocycles. The molecule has 1 heterocycles. The molecule has 2 unspecified atom stereocenters. The molecule has 0 spiro atoms. The number of hydrogen-bond donors (Lipinski definition) is 2. The van der Waals surface area contributed by atoms with Gasteiger partial charge < -0.3 is 24.2 Å². The van der Waals surface area contributed by atoms with E-state index in [1.807, 2.05) is 50.2 Å². The van der Waals surface area contributed by atoms with Crippen molar-refractivity contribution in [1.29, 1.82) is 0 Å². The smallest absolute Gasteiger partial charge is 0.407 e. The predicted molar refractivity (Wildman–Crippen MR) is 195 cm³/mol. The Morgan fingerprint density at radius 3 is 2.15 bits per heavy atom. The van der Waals surface area contributed by atoms with Crippen LogP contribution >= 0.6 is 8.60 Å². The molecule has 0 aliphatic heterocycles. The summed E-state index contributed by atoms with van der Waals surface area (Å²) in [5, 5.41) is 4.01. The van der Waals surface area contributed by atoms with Crippen LogP contribution in [-0.4, -0.2) is 43.0 Å². The van der Waals surface area contributed by atoms with E-state index in [1.165, 1.54) is 82.4 Å². The van der Waals surface area contributed by atoms with Gasteiger partial charge in [0.25, 0.3) is 0 Å². The van der Waals surface area contributed by atoms with Gasteiger partial charge in [-0.25, -0.2) is 4.79 Å². The average Bonchev–Trinajstić information content (AvgIpc) is 3.08. The second-order valence-electron chi connectivity index (χ2n) is 12.9. The number of rotatable bonds is 26. The van der Waals surface area contributed by atoms with Gasteiger partial charge in [0, 0.05) is 29.6 Å². The number of benzene rings is 2. The van der Waals surface area contributed by atoms with E-state index >= 15 is 0 Å². The summed E-state index contributed by atoms with van der Waals surface area (Å²) in [6.07, 6.45) is 19.1. The van der Waals surface area contributed by atoms with Crippen molar-refractivity contribution in [2.75, 3.05) is 19.8 Å². The van der Waals surface area contributed by atoms with Gasteiger partial charge in [0.15, 0.2) is 12.7 Å². The highest BCUT2D eigenvalue weighted by Crippen LogP contribution is 2.35. The van der Waals surface area contributed by atoms with E-state index in [9.17, 15) is 9.69 Å². The Balaban J connectivity index is 1.27. The average molecular weight is 684 g/mol. The summed E-state index contributed by atoms with van der Waals surface area (Å²) in [6.45, 7) is 7.37. The second-order valence-corrected chi connectivity index (χ2v) is 13.8. The van der Waals surface area contributed by atoms with Gasteiger partial charge in [0.2, 0.25) is 5.52 Å². The second kappa shape index (κ2) is 24.4. The first-order valence-electron chi connectivity index (χ1n) is 18.3. The Morgan fingerprint density at radius 1 is 0.812 bits per heavy atom. The number of pyridine rings is 1. The highest BCUT2D eigenvalue weighted by Gasteiger charge is 2.19. The van der Waals surface area contributed by atoms with Crippen LogP contribution in [-0.2, 0) is 20.5 Å². The monoisotopic (exact) mass is 683 g/mol. The fourth-order valence-electron chi connectivity index (χ4n) is 5.76. The van der Waals surface area contributed by atoms with Gasteiger partial charge in [0.05, 0.1) is 12.7 Å². The Labute approximate surface area is 290 Å². The molecule has 3 rings (SSSR count). The van der Waals surface area contributed by atoms with E-state index in [4.69, 9.17) is 18.5 Å². The van der Waals surface area contributed by atoms with Crippen LogP contribution in [0.15, 0.2) is 66.9 Å². The topological polar surface area (TPSA) is 90.1 Å². The Kier molecular flexibility index (Phi) is 20.1. The molecule has 1 aromatic heterocycles. The Morgan fingerprint density at radius 2 is 1.46 bits per heavy atom. The highest BCUT2D eigenvalue weighted by molar-refractivity contribution is 7.41. The van der Waals surface area contributed by atoms with Crippen LogP contribution < -0.4 is 14.4 Å². The number of carbonyl (C=O) groups excluding carboxylic acids is 1. The number of amides is 1. The molecule has 0 aliphatic rings. The van der Waals surface area contributed by atoms with Crippen LogP contribution in [0.3, 0.4) is 0 Å². The number of ether oxygens (including phenoxy) is 2. The van der Waals surface area contributed by atoms with Crippen LogP contribution in [0.4, 0.5) is 4.79 Å². The van der Waals surface area contributed by atoms with E-state index in [2.05, 4.69) is 41.2 Å². The SMILES string of the molecule is CCCCCCCCCCCCCCCCNC(=O)OCC(COP(O)Oc1cccc(C[n+]2cccc3ccccc32)c1)OC(C)C. The maximum absolute atomic E-state index is 12.3. The fraction of sp³-hybridized carbons (Fsp3) is 0.590. The molecule has 266 valence electrons. The molecule has 1 amide bonds. The molecule has 8 nitrogen and oxygen atoms in total. The number of fused-ring (bicyclic) bond motifs is 1. The van der Waals surface area contributed by atoms with E-state index in [1.54, 1.807) is 6.07 Å². The van der Waals surface area contributed by atoms with Crippen LogP contribution in [0.2, 0.25) is 0 Å². The summed E-state index contributed by atoms with van der Waals surface area (Å²) in [6, 6.07) is 20.0. The maximum Gasteiger partial charge on any atom is 0.407 e. The molecular formula is C39H60N2O6P+. The maximum atomic E-state index is 12.3. The van der Waals surface area contributed by atoms with E-state index < -0.39 is 20.8 Å². The molecule has 9 heteroatoms. The standard InChI is InChI=1S/C39H59N2O6P/c1-4-5-6-7-8-9-10-11-12-13-14-15-16-19-27-40-39(42)44-31-37(46-33(2)3)32-45-48(43)47-36-25-20-22-34(29-36)30-41-28-21-24-35-23-17-18-26-38(35)41/h17-18,20-26,28-29,33,37,43H,4-16,19,27,30-32H2,1-3H3/p+1. The first kappa shape index (κ1) is 39.7. The van der Waals surface area contributed by atoms with Gasteiger partial charge in [-0.3, -0.25) is 4.52 Å². The van der Waals surface area contributed by atoms with Gasteiger partial charge in [-0.05, 0) is 44.5 Å². The number of nitrogens with zero attached hydrogens (tertiary/aromatic N) is 1. The summed E-state index contributed by atoms with van der Waals surface area (Å²) < 4.78 is 24.8. The number of aromatic nitrogens is 1. The first-order chi connectivity index (χ1) is 23.4. The Hall–Kier alpha value is -2.77. The largest absolute Gasteiger partial charge is 0.447 e. The lowest BCUT2D eigenvalue weighted by Crippen LogP contribution is -2.34. The molecule has 0 radical (unpaired) electrons. The number of para-hydroxylation sites is 1. The zero-order valence-corrected chi connectivity index (χ0v) is 30.5. The summed E-state index contributed by atoms with van der Waals surface area (Å²) in [5.41, 5.74) is 2.17.